The number of halogens is 3. The average Bonchev–Trinajstić information content (AvgIpc) is 2.68. The van der Waals surface area contributed by atoms with Gasteiger partial charge in [0.15, 0.2) is 5.96 Å². The van der Waals surface area contributed by atoms with Crippen molar-refractivity contribution in [2.45, 2.75) is 24.9 Å². The second kappa shape index (κ2) is 9.66. The molecule has 1 aliphatic rings. The number of guanidine groups is 1. The summed E-state index contributed by atoms with van der Waals surface area (Å²) < 4.78 is 66.9. The van der Waals surface area contributed by atoms with Crippen LogP contribution in [0.3, 0.4) is 0 Å². The minimum Gasteiger partial charge on any atom is -0.496 e. The van der Waals surface area contributed by atoms with Gasteiger partial charge < -0.3 is 15.0 Å². The van der Waals surface area contributed by atoms with Crippen LogP contribution in [0, 0.1) is 5.92 Å². The molecule has 7 nitrogen and oxygen atoms in total. The molecule has 0 amide bonds. The Kier molecular flexibility index (Phi) is 7.75. The Bertz CT molecular complexity index is 807. The highest BCUT2D eigenvalue weighted by Crippen LogP contribution is 2.30. The van der Waals surface area contributed by atoms with Crippen LogP contribution in [-0.4, -0.2) is 69.9 Å². The van der Waals surface area contributed by atoms with Gasteiger partial charge in [0.2, 0.25) is 0 Å². The zero-order chi connectivity index (χ0) is 21.7. The molecule has 0 bridgehead atoms. The van der Waals surface area contributed by atoms with Crippen LogP contribution in [0.4, 0.5) is 13.2 Å². The number of hydrogen-bond acceptors (Lipinski definition) is 4. The van der Waals surface area contributed by atoms with Crippen molar-refractivity contribution in [2.75, 3.05) is 40.8 Å². The Morgan fingerprint density at radius 2 is 1.93 bits per heavy atom. The van der Waals surface area contributed by atoms with Crippen LogP contribution in [0.5, 0.6) is 5.75 Å². The first kappa shape index (κ1) is 23.3. The fourth-order valence-corrected chi connectivity index (χ4v) is 4.27. The lowest BCUT2D eigenvalue weighted by molar-refractivity contribution is -0.0496. The number of aliphatic imine (C=N–C) groups is 1. The number of sulfonamides is 1. The Hall–Kier alpha value is -2.01. The maximum atomic E-state index is 12.7. The quantitative estimate of drug-likeness (QED) is 0.547. The van der Waals surface area contributed by atoms with Gasteiger partial charge in [0.1, 0.15) is 5.75 Å². The summed E-state index contributed by atoms with van der Waals surface area (Å²) in [6.07, 6.45) is 0.713. The molecule has 0 unspecified atom stereocenters. The van der Waals surface area contributed by atoms with E-state index in [0.717, 1.165) is 11.3 Å². The third-order valence-corrected chi connectivity index (χ3v) is 6.56. The van der Waals surface area contributed by atoms with E-state index in [1.165, 1.54) is 0 Å². The summed E-state index contributed by atoms with van der Waals surface area (Å²) in [5, 5.41) is 3.23. The van der Waals surface area contributed by atoms with Gasteiger partial charge in [-0.2, -0.15) is 17.5 Å². The van der Waals surface area contributed by atoms with Crippen molar-refractivity contribution < 1.29 is 26.3 Å². The van der Waals surface area contributed by atoms with Gasteiger partial charge in [-0.25, -0.2) is 8.42 Å². The fraction of sp³-hybridized carbons (Fsp3) is 0.611. The summed E-state index contributed by atoms with van der Waals surface area (Å²) in [7, 11) is -0.108. The first-order valence-corrected chi connectivity index (χ1v) is 10.6. The number of ether oxygens (including phenoxy) is 1. The van der Waals surface area contributed by atoms with Crippen LogP contribution in [0.1, 0.15) is 18.4 Å². The number of methoxy groups -OCH3 is 1. The van der Waals surface area contributed by atoms with E-state index in [4.69, 9.17) is 4.74 Å². The average molecular weight is 437 g/mol. The van der Waals surface area contributed by atoms with Crippen LogP contribution in [-0.2, 0) is 16.6 Å². The molecule has 2 rings (SSSR count). The molecular formula is C18H27F3N4O3S. The summed E-state index contributed by atoms with van der Waals surface area (Å²) >= 11 is 0. The van der Waals surface area contributed by atoms with Crippen LogP contribution in [0.25, 0.3) is 0 Å². The van der Waals surface area contributed by atoms with E-state index in [1.54, 1.807) is 14.2 Å². The first-order chi connectivity index (χ1) is 13.6. The number of nitrogens with one attached hydrogen (secondary N) is 1. The second-order valence-corrected chi connectivity index (χ2v) is 8.82. The van der Waals surface area contributed by atoms with E-state index >= 15 is 0 Å². The molecule has 1 aromatic rings. The third-order valence-electron chi connectivity index (χ3n) is 4.93. The number of piperidine rings is 1. The Balaban J connectivity index is 1.87. The highest BCUT2D eigenvalue weighted by atomic mass is 32.2. The summed E-state index contributed by atoms with van der Waals surface area (Å²) in [6.45, 7) is 0.794. The van der Waals surface area contributed by atoms with Crippen LogP contribution in [0.2, 0.25) is 0 Å². The summed E-state index contributed by atoms with van der Waals surface area (Å²) in [4.78, 5) is 6.16. The van der Waals surface area contributed by atoms with Crippen LogP contribution in [0.15, 0.2) is 29.3 Å². The maximum Gasteiger partial charge on any atom is 0.511 e. The van der Waals surface area contributed by atoms with Gasteiger partial charge in [-0.05, 0) is 24.8 Å². The zero-order valence-corrected chi connectivity index (χ0v) is 17.6. The number of nitrogens with zero attached hydrogens (tertiary/aromatic N) is 3. The fourth-order valence-electron chi connectivity index (χ4n) is 3.28. The number of rotatable bonds is 6. The van der Waals surface area contributed by atoms with Gasteiger partial charge >= 0.3 is 15.5 Å². The monoisotopic (exact) mass is 436 g/mol. The van der Waals surface area contributed by atoms with Crippen molar-refractivity contribution in [3.05, 3.63) is 29.8 Å². The number of hydrogen-bond donors (Lipinski definition) is 1. The van der Waals surface area contributed by atoms with E-state index in [0.29, 0.717) is 36.2 Å². The molecule has 0 atom stereocenters. The standard InChI is InChI=1S/C18H27F3N4O3S/c1-22-17(24(2)13-15-6-4-5-7-16(15)28-3)23-12-14-8-10-25(11-9-14)29(26,27)18(19,20)21/h4-7,14H,8-13H2,1-3H3,(H,22,23). The molecule has 1 N–H and O–H groups in total. The van der Waals surface area contributed by atoms with Crippen molar-refractivity contribution in [2.24, 2.45) is 10.9 Å². The predicted octanol–water partition coefficient (Wildman–Crippen LogP) is 2.26. The minimum atomic E-state index is -5.25. The number of alkyl halides is 3. The Labute approximate surface area is 169 Å². The molecule has 1 aromatic carbocycles. The molecule has 1 fully saturated rings. The molecule has 1 saturated heterocycles. The molecule has 0 aromatic heterocycles. The molecule has 0 saturated carbocycles. The highest BCUT2D eigenvalue weighted by Gasteiger charge is 2.50. The molecular weight excluding hydrogens is 409 g/mol. The molecule has 164 valence electrons. The van der Waals surface area contributed by atoms with Gasteiger partial charge in [0.25, 0.3) is 0 Å². The Morgan fingerprint density at radius 3 is 2.48 bits per heavy atom. The van der Waals surface area contributed by atoms with E-state index in [-0.39, 0.29) is 19.0 Å². The first-order valence-electron chi connectivity index (χ1n) is 9.20. The second-order valence-electron chi connectivity index (χ2n) is 6.89. The summed E-state index contributed by atoms with van der Waals surface area (Å²) in [5.74, 6) is 1.47. The van der Waals surface area contributed by atoms with Crippen molar-refractivity contribution in [1.29, 1.82) is 0 Å². The third kappa shape index (κ3) is 5.75. The molecule has 0 radical (unpaired) electrons. The van der Waals surface area contributed by atoms with Gasteiger partial charge in [0, 0.05) is 45.8 Å². The Morgan fingerprint density at radius 1 is 1.31 bits per heavy atom. The SMILES string of the molecule is CN=C(NCC1CCN(S(=O)(=O)C(F)(F)F)CC1)N(C)Cc1ccccc1OC. The van der Waals surface area contributed by atoms with E-state index in [2.05, 4.69) is 10.3 Å². The van der Waals surface area contributed by atoms with Gasteiger partial charge in [-0.3, -0.25) is 4.99 Å². The van der Waals surface area contributed by atoms with Crippen LogP contribution < -0.4 is 10.1 Å². The number of para-hydroxylation sites is 1. The van der Waals surface area contributed by atoms with E-state index in [1.807, 2.05) is 36.2 Å². The van der Waals surface area contributed by atoms with Gasteiger partial charge in [-0.15, -0.1) is 0 Å². The zero-order valence-electron chi connectivity index (χ0n) is 16.7. The van der Waals surface area contributed by atoms with Crippen molar-refractivity contribution in [3.8, 4) is 5.75 Å². The summed E-state index contributed by atoms with van der Waals surface area (Å²) in [5.41, 5.74) is -4.26. The minimum absolute atomic E-state index is 0.0612. The lowest BCUT2D eigenvalue weighted by Crippen LogP contribution is -2.47. The van der Waals surface area contributed by atoms with E-state index < -0.39 is 15.5 Å². The molecule has 1 heterocycles. The largest absolute Gasteiger partial charge is 0.511 e. The van der Waals surface area contributed by atoms with E-state index in [9.17, 15) is 21.6 Å². The van der Waals surface area contributed by atoms with Gasteiger partial charge in [0.05, 0.1) is 7.11 Å². The lowest BCUT2D eigenvalue weighted by atomic mass is 9.98. The molecule has 0 spiro atoms. The molecule has 29 heavy (non-hydrogen) atoms. The maximum absolute atomic E-state index is 12.7. The molecule has 11 heteroatoms. The summed E-state index contributed by atoms with van der Waals surface area (Å²) in [6, 6.07) is 7.65. The molecule has 0 aliphatic carbocycles. The molecule has 1 aliphatic heterocycles. The highest BCUT2D eigenvalue weighted by molar-refractivity contribution is 7.90. The normalized spacial score (nSPS) is 17.2. The van der Waals surface area contributed by atoms with Crippen molar-refractivity contribution >= 4 is 16.0 Å². The topological polar surface area (TPSA) is 74.2 Å². The van der Waals surface area contributed by atoms with Crippen LogP contribution >= 0.6 is 0 Å². The smallest absolute Gasteiger partial charge is 0.496 e. The number of benzene rings is 1. The van der Waals surface area contributed by atoms with Crippen molar-refractivity contribution in [3.63, 3.8) is 0 Å². The lowest BCUT2D eigenvalue weighted by Gasteiger charge is -2.32. The predicted molar refractivity (Wildman–Crippen MR) is 105 cm³/mol. The van der Waals surface area contributed by atoms with Gasteiger partial charge in [-0.1, -0.05) is 18.2 Å². The van der Waals surface area contributed by atoms with Crippen molar-refractivity contribution in [1.82, 2.24) is 14.5 Å².